The molecule has 0 aliphatic carbocycles. The summed E-state index contributed by atoms with van der Waals surface area (Å²) in [6.07, 6.45) is 1.96. The summed E-state index contributed by atoms with van der Waals surface area (Å²) in [5.41, 5.74) is 2.52. The van der Waals surface area contributed by atoms with E-state index >= 15 is 0 Å². The van der Waals surface area contributed by atoms with E-state index in [9.17, 15) is 0 Å². The van der Waals surface area contributed by atoms with Gasteiger partial charge in [-0.25, -0.2) is 0 Å². The number of rotatable bonds is 0. The highest BCUT2D eigenvalue weighted by Gasteiger charge is 2.03. The molecule has 13 heavy (non-hydrogen) atoms. The van der Waals surface area contributed by atoms with E-state index < -0.39 is 0 Å². The molecule has 0 atom stereocenters. The monoisotopic (exact) mass is 193 g/mol. The predicted molar refractivity (Wildman–Crippen MR) is 61.1 cm³/mol. The zero-order valence-corrected chi connectivity index (χ0v) is 9.11. The number of nitrogens with one attached hydrogen (secondary N) is 1. The molecule has 1 N–H and O–H groups in total. The minimum atomic E-state index is 1.22. The average Bonchev–Trinajstić information content (AvgIpc) is 2.21. The van der Waals surface area contributed by atoms with E-state index in [2.05, 4.69) is 35.8 Å². The van der Waals surface area contributed by atoms with Crippen molar-refractivity contribution >= 4 is 17.4 Å². The lowest BCUT2D eigenvalue weighted by Crippen LogP contribution is -1.93. The van der Waals surface area contributed by atoms with Crippen LogP contribution in [0.5, 0.6) is 0 Å². The Morgan fingerprint density at radius 2 is 2.00 bits per heavy atom. The normalized spacial score (nSPS) is 12.2. The highest BCUT2D eigenvalue weighted by molar-refractivity contribution is 8.02. The summed E-state index contributed by atoms with van der Waals surface area (Å²) in [5.74, 6) is 0. The van der Waals surface area contributed by atoms with Crippen molar-refractivity contribution in [3.05, 3.63) is 35.4 Å². The van der Waals surface area contributed by atoms with Crippen molar-refractivity contribution < 1.29 is 0 Å². The number of fused-ring (bicyclic) bond motifs is 1. The van der Waals surface area contributed by atoms with Gasteiger partial charge in [0.1, 0.15) is 0 Å². The third-order valence-electron chi connectivity index (χ3n) is 1.64. The minimum Gasteiger partial charge on any atom is -0.360 e. The van der Waals surface area contributed by atoms with Gasteiger partial charge in [-0.05, 0) is 30.0 Å². The molecule has 0 fully saturated rings. The molecule has 0 amide bonds. The van der Waals surface area contributed by atoms with Crippen LogP contribution in [0.1, 0.15) is 19.4 Å². The van der Waals surface area contributed by atoms with Crippen LogP contribution in [0.4, 0.5) is 5.69 Å². The molecule has 0 unspecified atom stereocenters. The fourth-order valence-electron chi connectivity index (χ4n) is 1.09. The van der Waals surface area contributed by atoms with E-state index in [0.29, 0.717) is 0 Å². The maximum atomic E-state index is 3.20. The SMILES string of the molecule is CC.Cc1ccc2c(c1)NC=CS2. The summed E-state index contributed by atoms with van der Waals surface area (Å²) in [7, 11) is 0. The summed E-state index contributed by atoms with van der Waals surface area (Å²) >= 11 is 1.75. The van der Waals surface area contributed by atoms with Crippen LogP contribution >= 0.6 is 11.8 Å². The smallest absolute Gasteiger partial charge is 0.0524 e. The topological polar surface area (TPSA) is 12.0 Å². The summed E-state index contributed by atoms with van der Waals surface area (Å²) in [6, 6.07) is 6.43. The molecule has 0 radical (unpaired) electrons. The summed E-state index contributed by atoms with van der Waals surface area (Å²) in [5, 5.41) is 5.26. The van der Waals surface area contributed by atoms with Crippen molar-refractivity contribution in [2.75, 3.05) is 5.32 Å². The highest BCUT2D eigenvalue weighted by Crippen LogP contribution is 2.31. The molecule has 1 heterocycles. The number of hydrogen-bond acceptors (Lipinski definition) is 2. The Bertz CT molecular complexity index is 305. The number of anilines is 1. The van der Waals surface area contributed by atoms with Gasteiger partial charge in [0, 0.05) is 11.1 Å². The molecule has 0 aromatic heterocycles. The maximum Gasteiger partial charge on any atom is 0.0524 e. The molecule has 70 valence electrons. The first-order valence-corrected chi connectivity index (χ1v) is 5.43. The van der Waals surface area contributed by atoms with Gasteiger partial charge in [0.2, 0.25) is 0 Å². The van der Waals surface area contributed by atoms with E-state index in [-0.39, 0.29) is 0 Å². The fraction of sp³-hybridized carbons (Fsp3) is 0.273. The largest absolute Gasteiger partial charge is 0.360 e. The Kier molecular flexibility index (Phi) is 3.90. The molecule has 0 saturated carbocycles. The maximum absolute atomic E-state index is 3.20. The lowest BCUT2D eigenvalue weighted by molar-refractivity contribution is 1.35. The van der Waals surface area contributed by atoms with Crippen molar-refractivity contribution in [1.82, 2.24) is 0 Å². The number of thioether (sulfide) groups is 1. The van der Waals surface area contributed by atoms with E-state index in [1.807, 2.05) is 20.0 Å². The van der Waals surface area contributed by atoms with Crippen LogP contribution in [0.15, 0.2) is 34.7 Å². The fourth-order valence-corrected chi connectivity index (χ4v) is 1.76. The van der Waals surface area contributed by atoms with Gasteiger partial charge in [-0.2, -0.15) is 0 Å². The number of benzene rings is 1. The van der Waals surface area contributed by atoms with E-state index in [1.165, 1.54) is 16.1 Å². The Balaban J connectivity index is 0.000000396. The van der Waals surface area contributed by atoms with E-state index in [0.717, 1.165) is 0 Å². The van der Waals surface area contributed by atoms with Crippen LogP contribution in [0.3, 0.4) is 0 Å². The quantitative estimate of drug-likeness (QED) is 0.668. The van der Waals surface area contributed by atoms with Crippen LogP contribution in [0.2, 0.25) is 0 Å². The van der Waals surface area contributed by atoms with Crippen molar-refractivity contribution in [1.29, 1.82) is 0 Å². The molecule has 0 spiro atoms. The molecular formula is C11H15NS. The van der Waals surface area contributed by atoms with Gasteiger partial charge in [0.25, 0.3) is 0 Å². The van der Waals surface area contributed by atoms with Gasteiger partial charge in [0.05, 0.1) is 5.69 Å². The highest BCUT2D eigenvalue weighted by atomic mass is 32.2. The predicted octanol–water partition coefficient (Wildman–Crippen LogP) is 4.01. The molecular weight excluding hydrogens is 178 g/mol. The second-order valence-electron chi connectivity index (χ2n) is 2.56. The lowest BCUT2D eigenvalue weighted by Gasteiger charge is -2.11. The van der Waals surface area contributed by atoms with Gasteiger partial charge in [0.15, 0.2) is 0 Å². The van der Waals surface area contributed by atoms with E-state index in [4.69, 9.17) is 0 Å². The summed E-state index contributed by atoms with van der Waals surface area (Å²) in [4.78, 5) is 1.30. The molecule has 2 heteroatoms. The second-order valence-corrected chi connectivity index (χ2v) is 3.51. The third kappa shape index (κ3) is 2.52. The van der Waals surface area contributed by atoms with Crippen LogP contribution in [-0.2, 0) is 0 Å². The number of hydrogen-bond donors (Lipinski definition) is 1. The van der Waals surface area contributed by atoms with Crippen molar-refractivity contribution in [2.24, 2.45) is 0 Å². The van der Waals surface area contributed by atoms with Gasteiger partial charge >= 0.3 is 0 Å². The molecule has 0 bridgehead atoms. The van der Waals surface area contributed by atoms with Crippen molar-refractivity contribution in [2.45, 2.75) is 25.7 Å². The van der Waals surface area contributed by atoms with Crippen molar-refractivity contribution in [3.8, 4) is 0 Å². The Hall–Kier alpha value is -0.890. The first-order valence-electron chi connectivity index (χ1n) is 4.55. The summed E-state index contributed by atoms with van der Waals surface area (Å²) in [6.45, 7) is 6.10. The minimum absolute atomic E-state index is 1.22. The third-order valence-corrected chi connectivity index (χ3v) is 2.52. The van der Waals surface area contributed by atoms with Crippen LogP contribution in [-0.4, -0.2) is 0 Å². The molecule has 0 saturated heterocycles. The zero-order chi connectivity index (χ0) is 9.68. The summed E-state index contributed by atoms with van der Waals surface area (Å²) < 4.78 is 0. The van der Waals surface area contributed by atoms with Gasteiger partial charge in [-0.15, -0.1) is 0 Å². The van der Waals surface area contributed by atoms with Crippen LogP contribution < -0.4 is 5.32 Å². The molecule has 2 rings (SSSR count). The molecule has 1 aromatic rings. The van der Waals surface area contributed by atoms with Crippen molar-refractivity contribution in [3.63, 3.8) is 0 Å². The lowest BCUT2D eigenvalue weighted by atomic mass is 10.2. The first kappa shape index (κ1) is 10.2. The van der Waals surface area contributed by atoms with E-state index in [1.54, 1.807) is 11.8 Å². The average molecular weight is 193 g/mol. The second kappa shape index (κ2) is 4.97. The van der Waals surface area contributed by atoms with Crippen LogP contribution in [0.25, 0.3) is 0 Å². The van der Waals surface area contributed by atoms with Crippen LogP contribution in [0, 0.1) is 6.92 Å². The standard InChI is InChI=1S/C9H9NS.C2H6/c1-7-2-3-9-8(6-7)10-4-5-11-9;1-2/h2-6,10H,1H3;1-2H3. The van der Waals surface area contributed by atoms with Gasteiger partial charge in [-0.1, -0.05) is 31.7 Å². The zero-order valence-electron chi connectivity index (χ0n) is 8.29. The van der Waals surface area contributed by atoms with Gasteiger partial charge in [-0.3, -0.25) is 0 Å². The molecule has 1 nitrogen and oxygen atoms in total. The Labute approximate surface area is 84.2 Å². The number of aryl methyl sites for hydroxylation is 1. The molecule has 1 aliphatic rings. The first-order chi connectivity index (χ1) is 6.36. The Morgan fingerprint density at radius 3 is 2.77 bits per heavy atom. The molecule has 1 aliphatic heterocycles. The molecule has 1 aromatic carbocycles. The Morgan fingerprint density at radius 1 is 1.23 bits per heavy atom. The van der Waals surface area contributed by atoms with Gasteiger partial charge < -0.3 is 5.32 Å².